The molecule has 3 rings (SSSR count). The largest absolute Gasteiger partial charge is 0.490 e. The van der Waals surface area contributed by atoms with Crippen molar-refractivity contribution in [1.82, 2.24) is 0 Å². The van der Waals surface area contributed by atoms with Crippen LogP contribution in [-0.2, 0) is 10.0 Å². The van der Waals surface area contributed by atoms with E-state index < -0.39 is 10.0 Å². The molecule has 1 aliphatic rings. The highest BCUT2D eigenvalue weighted by Crippen LogP contribution is 2.38. The zero-order chi connectivity index (χ0) is 17.2. The molecule has 0 atom stereocenters. The number of sulfonamides is 1. The molecule has 8 heteroatoms. The van der Waals surface area contributed by atoms with Crippen LogP contribution in [0.15, 0.2) is 41.3 Å². The summed E-state index contributed by atoms with van der Waals surface area (Å²) in [6, 6.07) is 10.6. The van der Waals surface area contributed by atoms with E-state index in [1.54, 1.807) is 0 Å². The summed E-state index contributed by atoms with van der Waals surface area (Å²) >= 11 is 6.15. The fourth-order valence-corrected chi connectivity index (χ4v) is 3.50. The molecule has 0 saturated carbocycles. The van der Waals surface area contributed by atoms with Crippen molar-refractivity contribution in [3.63, 3.8) is 0 Å². The van der Waals surface area contributed by atoms with E-state index in [0.717, 1.165) is 6.42 Å². The molecule has 24 heavy (non-hydrogen) atoms. The van der Waals surface area contributed by atoms with Crippen molar-refractivity contribution in [2.24, 2.45) is 0 Å². The van der Waals surface area contributed by atoms with Crippen molar-refractivity contribution in [1.29, 1.82) is 5.26 Å². The number of anilines is 1. The van der Waals surface area contributed by atoms with E-state index in [9.17, 15) is 8.42 Å². The fourth-order valence-electron chi connectivity index (χ4n) is 2.17. The summed E-state index contributed by atoms with van der Waals surface area (Å²) in [4.78, 5) is 0.0321. The Bertz CT molecular complexity index is 905. The van der Waals surface area contributed by atoms with Crippen LogP contribution in [0.1, 0.15) is 12.0 Å². The standard InChI is InChI=1S/C16H13ClN2O4S/c17-13-8-15-16(23-7-1-6-22-15)9-14(13)19-24(20,21)12-4-2-11(10-18)3-5-12/h2-5,8-9,19H,1,6-7H2. The van der Waals surface area contributed by atoms with Crippen LogP contribution in [0.3, 0.4) is 0 Å². The van der Waals surface area contributed by atoms with E-state index in [0.29, 0.717) is 30.3 Å². The zero-order valence-corrected chi connectivity index (χ0v) is 14.0. The van der Waals surface area contributed by atoms with Crippen molar-refractivity contribution in [2.45, 2.75) is 11.3 Å². The molecular formula is C16H13ClN2O4S. The quantitative estimate of drug-likeness (QED) is 0.903. The number of halogens is 1. The number of nitriles is 1. The molecule has 0 radical (unpaired) electrons. The summed E-state index contributed by atoms with van der Waals surface area (Å²) in [7, 11) is -3.84. The van der Waals surface area contributed by atoms with Gasteiger partial charge in [0.05, 0.1) is 40.5 Å². The highest BCUT2D eigenvalue weighted by molar-refractivity contribution is 7.92. The van der Waals surface area contributed by atoms with Crippen molar-refractivity contribution >= 4 is 27.3 Å². The Morgan fingerprint density at radius 1 is 1.08 bits per heavy atom. The lowest BCUT2D eigenvalue weighted by Gasteiger charge is -2.13. The normalized spacial score (nSPS) is 13.7. The molecule has 2 aromatic rings. The molecule has 0 bridgehead atoms. The second kappa shape index (κ2) is 6.59. The molecule has 0 unspecified atom stereocenters. The van der Waals surface area contributed by atoms with Crippen LogP contribution < -0.4 is 14.2 Å². The van der Waals surface area contributed by atoms with Gasteiger partial charge in [-0.2, -0.15) is 5.26 Å². The van der Waals surface area contributed by atoms with Gasteiger partial charge in [-0.1, -0.05) is 11.6 Å². The Morgan fingerprint density at radius 2 is 1.71 bits per heavy atom. The number of nitrogens with one attached hydrogen (secondary N) is 1. The Labute approximate surface area is 144 Å². The predicted octanol–water partition coefficient (Wildman–Crippen LogP) is 3.17. The molecule has 6 nitrogen and oxygen atoms in total. The third kappa shape index (κ3) is 3.40. The molecule has 0 amide bonds. The summed E-state index contributed by atoms with van der Waals surface area (Å²) in [6.45, 7) is 0.996. The van der Waals surface area contributed by atoms with Gasteiger partial charge in [0.1, 0.15) is 0 Å². The highest BCUT2D eigenvalue weighted by Gasteiger charge is 2.19. The maximum Gasteiger partial charge on any atom is 0.261 e. The average Bonchev–Trinajstić information content (AvgIpc) is 2.80. The highest BCUT2D eigenvalue weighted by atomic mass is 35.5. The topological polar surface area (TPSA) is 88.4 Å². The number of fused-ring (bicyclic) bond motifs is 1. The molecule has 124 valence electrons. The number of benzene rings is 2. The third-order valence-electron chi connectivity index (χ3n) is 3.38. The van der Waals surface area contributed by atoms with E-state index in [-0.39, 0.29) is 15.6 Å². The molecule has 0 fully saturated rings. The average molecular weight is 365 g/mol. The zero-order valence-electron chi connectivity index (χ0n) is 12.5. The Kier molecular flexibility index (Phi) is 4.51. The van der Waals surface area contributed by atoms with E-state index in [4.69, 9.17) is 26.3 Å². The van der Waals surface area contributed by atoms with Crippen LogP contribution in [-0.4, -0.2) is 21.6 Å². The Balaban J connectivity index is 1.92. The number of ether oxygens (including phenoxy) is 2. The van der Waals surface area contributed by atoms with Gasteiger partial charge in [-0.25, -0.2) is 8.42 Å². The van der Waals surface area contributed by atoms with E-state index >= 15 is 0 Å². The smallest absolute Gasteiger partial charge is 0.261 e. The van der Waals surface area contributed by atoms with Crippen molar-refractivity contribution < 1.29 is 17.9 Å². The van der Waals surface area contributed by atoms with E-state index in [1.165, 1.54) is 36.4 Å². The molecular weight excluding hydrogens is 352 g/mol. The fraction of sp³-hybridized carbons (Fsp3) is 0.188. The lowest BCUT2D eigenvalue weighted by Crippen LogP contribution is -2.13. The molecule has 0 aromatic heterocycles. The maximum atomic E-state index is 12.5. The van der Waals surface area contributed by atoms with Crippen LogP contribution >= 0.6 is 11.6 Å². The number of nitrogens with zero attached hydrogens (tertiary/aromatic N) is 1. The van der Waals surface area contributed by atoms with E-state index in [1.807, 2.05) is 6.07 Å². The van der Waals surface area contributed by atoms with Gasteiger partial charge < -0.3 is 9.47 Å². The minimum Gasteiger partial charge on any atom is -0.490 e. The minimum atomic E-state index is -3.84. The molecule has 1 N–H and O–H groups in total. The molecule has 2 aromatic carbocycles. The summed E-state index contributed by atoms with van der Waals surface area (Å²) in [5.74, 6) is 0.924. The van der Waals surface area contributed by atoms with Gasteiger partial charge in [-0.3, -0.25) is 4.72 Å². The summed E-state index contributed by atoms with van der Waals surface area (Å²) < 4.78 is 38.4. The predicted molar refractivity (Wildman–Crippen MR) is 89.0 cm³/mol. The van der Waals surface area contributed by atoms with Gasteiger partial charge in [-0.15, -0.1) is 0 Å². The van der Waals surface area contributed by atoms with Gasteiger partial charge in [0, 0.05) is 18.6 Å². The van der Waals surface area contributed by atoms with Gasteiger partial charge in [0.25, 0.3) is 10.0 Å². The van der Waals surface area contributed by atoms with Gasteiger partial charge in [0.2, 0.25) is 0 Å². The number of hydrogen-bond acceptors (Lipinski definition) is 5. The summed E-state index contributed by atoms with van der Waals surface area (Å²) in [5, 5.41) is 8.99. The van der Waals surface area contributed by atoms with Crippen LogP contribution in [0.5, 0.6) is 11.5 Å². The summed E-state index contributed by atoms with van der Waals surface area (Å²) in [6.07, 6.45) is 0.735. The summed E-state index contributed by atoms with van der Waals surface area (Å²) in [5.41, 5.74) is 0.577. The lowest BCUT2D eigenvalue weighted by atomic mass is 10.2. The molecule has 0 aliphatic carbocycles. The molecule has 1 heterocycles. The first-order valence-corrected chi connectivity index (χ1v) is 8.98. The molecule has 0 spiro atoms. The third-order valence-corrected chi connectivity index (χ3v) is 5.07. The lowest BCUT2D eigenvalue weighted by molar-refractivity contribution is 0.297. The number of hydrogen-bond donors (Lipinski definition) is 1. The second-order valence-electron chi connectivity index (χ2n) is 5.07. The first-order valence-electron chi connectivity index (χ1n) is 7.12. The first kappa shape index (κ1) is 16.4. The van der Waals surface area contributed by atoms with Gasteiger partial charge in [-0.05, 0) is 24.3 Å². The van der Waals surface area contributed by atoms with Crippen LogP contribution in [0.2, 0.25) is 5.02 Å². The molecule has 0 saturated heterocycles. The number of rotatable bonds is 3. The SMILES string of the molecule is N#Cc1ccc(S(=O)(=O)Nc2cc3c(cc2Cl)OCCCO3)cc1. The minimum absolute atomic E-state index is 0.0321. The van der Waals surface area contributed by atoms with E-state index in [2.05, 4.69) is 4.72 Å². The monoisotopic (exact) mass is 364 g/mol. The van der Waals surface area contributed by atoms with Crippen molar-refractivity contribution in [2.75, 3.05) is 17.9 Å². The second-order valence-corrected chi connectivity index (χ2v) is 7.16. The van der Waals surface area contributed by atoms with Crippen molar-refractivity contribution in [3.05, 3.63) is 47.0 Å². The van der Waals surface area contributed by atoms with Crippen LogP contribution in [0.4, 0.5) is 5.69 Å². The molecule has 1 aliphatic heterocycles. The van der Waals surface area contributed by atoms with Crippen LogP contribution in [0.25, 0.3) is 0 Å². The van der Waals surface area contributed by atoms with Crippen molar-refractivity contribution in [3.8, 4) is 17.6 Å². The van der Waals surface area contributed by atoms with Crippen LogP contribution in [0, 0.1) is 11.3 Å². The van der Waals surface area contributed by atoms with Gasteiger partial charge in [0.15, 0.2) is 11.5 Å². The Morgan fingerprint density at radius 3 is 2.33 bits per heavy atom. The first-order chi connectivity index (χ1) is 11.5. The van der Waals surface area contributed by atoms with Gasteiger partial charge >= 0.3 is 0 Å². The Hall–Kier alpha value is -2.43. The maximum absolute atomic E-state index is 12.5.